The third-order valence-electron chi connectivity index (χ3n) is 4.85. The fourth-order valence-corrected chi connectivity index (χ4v) is 3.36. The zero-order chi connectivity index (χ0) is 19.5. The lowest BCUT2D eigenvalue weighted by Crippen LogP contribution is -2.31. The van der Waals surface area contributed by atoms with Crippen LogP contribution in [-0.4, -0.2) is 31.8 Å². The number of anilines is 1. The van der Waals surface area contributed by atoms with Crippen LogP contribution < -0.4 is 24.4 Å². The Morgan fingerprint density at radius 3 is 2.89 bits per heavy atom. The van der Waals surface area contributed by atoms with E-state index in [1.807, 2.05) is 37.3 Å². The molecule has 28 heavy (non-hydrogen) atoms. The summed E-state index contributed by atoms with van der Waals surface area (Å²) in [6, 6.07) is 12.7. The Labute approximate surface area is 163 Å². The molecule has 2 aliphatic rings. The molecular weight excluding hydrogens is 360 g/mol. The number of nitrogens with zero attached hydrogens (tertiary/aromatic N) is 1. The van der Waals surface area contributed by atoms with Crippen LogP contribution >= 0.6 is 0 Å². The summed E-state index contributed by atoms with van der Waals surface area (Å²) in [5, 5.41) is 2.91. The van der Waals surface area contributed by atoms with Crippen LogP contribution in [0.1, 0.15) is 31.4 Å². The number of rotatable bonds is 6. The summed E-state index contributed by atoms with van der Waals surface area (Å²) >= 11 is 0. The summed E-state index contributed by atoms with van der Waals surface area (Å²) < 4.78 is 16.3. The second-order valence-corrected chi connectivity index (χ2v) is 6.84. The van der Waals surface area contributed by atoms with Crippen molar-refractivity contribution < 1.29 is 23.8 Å². The Morgan fingerprint density at radius 2 is 2.07 bits per heavy atom. The zero-order valence-corrected chi connectivity index (χ0v) is 15.6. The van der Waals surface area contributed by atoms with E-state index in [1.54, 1.807) is 17.0 Å². The molecule has 0 radical (unpaired) electrons. The van der Waals surface area contributed by atoms with Crippen LogP contribution in [0.2, 0.25) is 0 Å². The molecule has 2 heterocycles. The van der Waals surface area contributed by atoms with Gasteiger partial charge in [0.15, 0.2) is 18.1 Å². The third kappa shape index (κ3) is 3.88. The molecule has 0 spiro atoms. The molecular formula is C21H22N2O5. The second kappa shape index (κ2) is 7.80. The van der Waals surface area contributed by atoms with Crippen LogP contribution in [-0.2, 0) is 9.59 Å². The molecule has 1 N–H and O–H groups in total. The summed E-state index contributed by atoms with van der Waals surface area (Å²) in [4.78, 5) is 25.9. The first kappa shape index (κ1) is 18.2. The minimum atomic E-state index is -0.229. The minimum Gasteiger partial charge on any atom is -0.484 e. The number of fused-ring (bicyclic) bond motifs is 1. The molecule has 2 amide bonds. The van der Waals surface area contributed by atoms with E-state index in [4.69, 9.17) is 14.2 Å². The number of benzene rings is 2. The molecule has 0 unspecified atom stereocenters. The van der Waals surface area contributed by atoms with Crippen molar-refractivity contribution in [3.8, 4) is 17.2 Å². The van der Waals surface area contributed by atoms with Crippen molar-refractivity contribution in [2.24, 2.45) is 0 Å². The molecule has 2 aromatic rings. The molecule has 7 heteroatoms. The van der Waals surface area contributed by atoms with Gasteiger partial charge in [0.05, 0.1) is 6.04 Å². The zero-order valence-electron chi connectivity index (χ0n) is 15.6. The highest BCUT2D eigenvalue weighted by atomic mass is 16.7. The van der Waals surface area contributed by atoms with Crippen molar-refractivity contribution in [3.63, 3.8) is 0 Å². The van der Waals surface area contributed by atoms with E-state index in [9.17, 15) is 9.59 Å². The summed E-state index contributed by atoms with van der Waals surface area (Å²) in [5.41, 5.74) is 1.72. The van der Waals surface area contributed by atoms with Crippen LogP contribution in [0.25, 0.3) is 0 Å². The molecule has 146 valence electrons. The van der Waals surface area contributed by atoms with Crippen molar-refractivity contribution >= 4 is 17.5 Å². The van der Waals surface area contributed by atoms with Crippen LogP contribution in [0.4, 0.5) is 5.69 Å². The first-order valence-electron chi connectivity index (χ1n) is 9.32. The summed E-state index contributed by atoms with van der Waals surface area (Å²) in [6.45, 7) is 2.73. The SMILES string of the molecule is C[C@H](NC(=O)COc1cccc(N2CCCC2=O)c1)c1ccc2c(c1)OCO2. The van der Waals surface area contributed by atoms with Gasteiger partial charge in [-0.3, -0.25) is 9.59 Å². The fourth-order valence-electron chi connectivity index (χ4n) is 3.36. The lowest BCUT2D eigenvalue weighted by Gasteiger charge is -2.17. The first-order valence-corrected chi connectivity index (χ1v) is 9.32. The molecule has 2 aliphatic heterocycles. The molecule has 4 rings (SSSR count). The van der Waals surface area contributed by atoms with Crippen LogP contribution in [0.3, 0.4) is 0 Å². The van der Waals surface area contributed by atoms with Gasteiger partial charge in [-0.05, 0) is 43.2 Å². The normalized spacial score (nSPS) is 16.2. The van der Waals surface area contributed by atoms with Gasteiger partial charge in [-0.2, -0.15) is 0 Å². The maximum Gasteiger partial charge on any atom is 0.258 e. The molecule has 7 nitrogen and oxygen atoms in total. The van der Waals surface area contributed by atoms with Crippen molar-refractivity contribution in [1.82, 2.24) is 5.32 Å². The van der Waals surface area contributed by atoms with E-state index in [-0.39, 0.29) is 31.3 Å². The van der Waals surface area contributed by atoms with E-state index in [2.05, 4.69) is 5.32 Å². The Hall–Kier alpha value is -3.22. The van der Waals surface area contributed by atoms with E-state index in [1.165, 1.54) is 0 Å². The average Bonchev–Trinajstić information content (AvgIpc) is 3.34. The van der Waals surface area contributed by atoms with E-state index in [0.717, 1.165) is 24.2 Å². The Morgan fingerprint density at radius 1 is 1.21 bits per heavy atom. The number of carbonyl (C=O) groups is 2. The van der Waals surface area contributed by atoms with E-state index in [0.29, 0.717) is 23.7 Å². The molecule has 0 aromatic heterocycles. The van der Waals surface area contributed by atoms with Gasteiger partial charge in [0.2, 0.25) is 12.7 Å². The third-order valence-corrected chi connectivity index (χ3v) is 4.85. The predicted molar refractivity (Wildman–Crippen MR) is 103 cm³/mol. The maximum absolute atomic E-state index is 12.3. The number of hydrogen-bond donors (Lipinski definition) is 1. The molecule has 1 atom stereocenters. The average molecular weight is 382 g/mol. The van der Waals surface area contributed by atoms with Crippen molar-refractivity contribution in [3.05, 3.63) is 48.0 Å². The van der Waals surface area contributed by atoms with Gasteiger partial charge in [-0.1, -0.05) is 12.1 Å². The molecule has 0 saturated carbocycles. The Kier molecular flexibility index (Phi) is 5.06. The summed E-state index contributed by atoms with van der Waals surface area (Å²) in [5.74, 6) is 1.84. The standard InChI is InChI=1S/C21H22N2O5/c1-14(15-7-8-18-19(10-15)28-13-27-18)22-20(24)12-26-17-5-2-4-16(11-17)23-9-3-6-21(23)25/h2,4-5,7-8,10-11,14H,3,6,9,12-13H2,1H3,(H,22,24)/t14-/m0/s1. The number of hydrogen-bond acceptors (Lipinski definition) is 5. The largest absolute Gasteiger partial charge is 0.484 e. The van der Waals surface area contributed by atoms with Gasteiger partial charge < -0.3 is 24.4 Å². The van der Waals surface area contributed by atoms with Crippen LogP contribution in [0.5, 0.6) is 17.2 Å². The highest BCUT2D eigenvalue weighted by Crippen LogP contribution is 2.34. The summed E-state index contributed by atoms with van der Waals surface area (Å²) in [7, 11) is 0. The molecule has 2 aromatic carbocycles. The smallest absolute Gasteiger partial charge is 0.258 e. The van der Waals surface area contributed by atoms with Gasteiger partial charge in [0, 0.05) is 24.7 Å². The first-order chi connectivity index (χ1) is 13.6. The lowest BCUT2D eigenvalue weighted by molar-refractivity contribution is -0.123. The van der Waals surface area contributed by atoms with Gasteiger partial charge >= 0.3 is 0 Å². The van der Waals surface area contributed by atoms with Crippen molar-refractivity contribution in [2.75, 3.05) is 24.8 Å². The monoisotopic (exact) mass is 382 g/mol. The maximum atomic E-state index is 12.3. The Bertz CT molecular complexity index is 898. The van der Waals surface area contributed by atoms with Gasteiger partial charge in [0.1, 0.15) is 5.75 Å². The summed E-state index contributed by atoms with van der Waals surface area (Å²) in [6.07, 6.45) is 1.44. The number of carbonyl (C=O) groups excluding carboxylic acids is 2. The quantitative estimate of drug-likeness (QED) is 0.831. The molecule has 0 aliphatic carbocycles. The fraction of sp³-hybridized carbons (Fsp3) is 0.333. The van der Waals surface area contributed by atoms with Crippen LogP contribution in [0, 0.1) is 0 Å². The van der Waals surface area contributed by atoms with Gasteiger partial charge in [-0.15, -0.1) is 0 Å². The van der Waals surface area contributed by atoms with Crippen molar-refractivity contribution in [1.29, 1.82) is 0 Å². The highest BCUT2D eigenvalue weighted by Gasteiger charge is 2.22. The second-order valence-electron chi connectivity index (χ2n) is 6.84. The number of ether oxygens (including phenoxy) is 3. The minimum absolute atomic E-state index is 0.105. The molecule has 1 saturated heterocycles. The molecule has 0 bridgehead atoms. The molecule has 1 fully saturated rings. The van der Waals surface area contributed by atoms with E-state index < -0.39 is 0 Å². The Balaban J connectivity index is 1.32. The van der Waals surface area contributed by atoms with Gasteiger partial charge in [-0.25, -0.2) is 0 Å². The van der Waals surface area contributed by atoms with Crippen molar-refractivity contribution in [2.45, 2.75) is 25.8 Å². The lowest BCUT2D eigenvalue weighted by atomic mass is 10.1. The number of nitrogens with one attached hydrogen (secondary N) is 1. The predicted octanol–water partition coefficient (Wildman–Crippen LogP) is 2.80. The topological polar surface area (TPSA) is 77.1 Å². The highest BCUT2D eigenvalue weighted by molar-refractivity contribution is 5.95. The van der Waals surface area contributed by atoms with Gasteiger partial charge in [0.25, 0.3) is 5.91 Å². The van der Waals surface area contributed by atoms with E-state index >= 15 is 0 Å². The van der Waals surface area contributed by atoms with Crippen LogP contribution in [0.15, 0.2) is 42.5 Å². The number of amides is 2.